The summed E-state index contributed by atoms with van der Waals surface area (Å²) in [7, 11) is 0. The maximum absolute atomic E-state index is 12.6. The number of allylic oxidation sites excluding steroid dienone is 2. The zero-order valence-corrected chi connectivity index (χ0v) is 19.3. The van der Waals surface area contributed by atoms with Crippen LogP contribution in [0.2, 0.25) is 0 Å². The largest absolute Gasteiger partial charge is 0.379 e. The molecule has 0 heterocycles. The van der Waals surface area contributed by atoms with Crippen LogP contribution in [0.1, 0.15) is 57.8 Å². The smallest absolute Gasteiger partial charge is 0.160 e. The standard InChI is InChI=1S/C24H44N2O5/c1-2-15-28-17-19-30-21-22-31-20-18-29-16-12-24(27)23(11-7-5-9-14-26)10-6-3-4-8-13-25/h1,10H,3-9,11-22,25-26H2/b23-10-. The number of Topliss-reactive ketones (excluding diaryl/α,β-unsaturated/α-hetero) is 1. The predicted molar refractivity (Wildman–Crippen MR) is 125 cm³/mol. The Bertz CT molecular complexity index is 477. The summed E-state index contributed by atoms with van der Waals surface area (Å²) in [6.45, 7) is 5.08. The minimum absolute atomic E-state index is 0.188. The van der Waals surface area contributed by atoms with E-state index in [9.17, 15) is 4.79 Å². The molecule has 0 aliphatic rings. The SMILES string of the molecule is C#CCOCCOCCOCCOCCC(=O)/C(=C\CCCCCN)CCCCCN. The Kier molecular flexibility index (Phi) is 24.0. The van der Waals surface area contributed by atoms with Crippen LogP contribution in [0.15, 0.2) is 11.6 Å². The molecule has 0 aromatic rings. The lowest BCUT2D eigenvalue weighted by atomic mass is 9.99. The fourth-order valence-electron chi connectivity index (χ4n) is 2.85. The van der Waals surface area contributed by atoms with Crippen LogP contribution in [0.5, 0.6) is 0 Å². The third-order valence-corrected chi connectivity index (χ3v) is 4.58. The topological polar surface area (TPSA) is 106 Å². The summed E-state index contributed by atoms with van der Waals surface area (Å²) in [4.78, 5) is 12.6. The van der Waals surface area contributed by atoms with Crippen molar-refractivity contribution >= 4 is 5.78 Å². The summed E-state index contributed by atoms with van der Waals surface area (Å²) >= 11 is 0. The van der Waals surface area contributed by atoms with Gasteiger partial charge in [-0.05, 0) is 57.2 Å². The number of ketones is 1. The van der Waals surface area contributed by atoms with Crippen LogP contribution in [0.4, 0.5) is 0 Å². The van der Waals surface area contributed by atoms with Gasteiger partial charge in [-0.1, -0.05) is 24.8 Å². The van der Waals surface area contributed by atoms with Gasteiger partial charge in [0.25, 0.3) is 0 Å². The van der Waals surface area contributed by atoms with Crippen molar-refractivity contribution in [3.63, 3.8) is 0 Å². The van der Waals surface area contributed by atoms with E-state index in [2.05, 4.69) is 12.0 Å². The zero-order valence-electron chi connectivity index (χ0n) is 19.3. The van der Waals surface area contributed by atoms with Crippen LogP contribution in [0.3, 0.4) is 0 Å². The molecule has 0 radical (unpaired) electrons. The van der Waals surface area contributed by atoms with E-state index in [1.54, 1.807) is 0 Å². The summed E-state index contributed by atoms with van der Waals surface area (Å²) in [6.07, 6.45) is 15.6. The van der Waals surface area contributed by atoms with Crippen molar-refractivity contribution in [2.24, 2.45) is 11.5 Å². The number of unbranched alkanes of at least 4 members (excludes halogenated alkanes) is 5. The minimum atomic E-state index is 0.188. The van der Waals surface area contributed by atoms with Crippen LogP contribution in [0.25, 0.3) is 0 Å². The number of carbonyl (C=O) groups is 1. The van der Waals surface area contributed by atoms with Gasteiger partial charge >= 0.3 is 0 Å². The molecular formula is C24H44N2O5. The summed E-state index contributed by atoms with van der Waals surface area (Å²) < 4.78 is 21.4. The maximum Gasteiger partial charge on any atom is 0.160 e. The van der Waals surface area contributed by atoms with Crippen molar-refractivity contribution in [2.45, 2.75) is 57.8 Å². The number of carbonyl (C=O) groups excluding carboxylic acids is 1. The first-order valence-corrected chi connectivity index (χ1v) is 11.6. The molecule has 0 saturated carbocycles. The Labute approximate surface area is 189 Å². The third kappa shape index (κ3) is 21.7. The molecule has 0 spiro atoms. The van der Waals surface area contributed by atoms with Crippen molar-refractivity contribution < 1.29 is 23.7 Å². The van der Waals surface area contributed by atoms with E-state index in [-0.39, 0.29) is 5.78 Å². The van der Waals surface area contributed by atoms with E-state index in [0.717, 1.165) is 63.5 Å². The second-order valence-corrected chi connectivity index (χ2v) is 7.23. The minimum Gasteiger partial charge on any atom is -0.379 e. The van der Waals surface area contributed by atoms with E-state index in [1.165, 1.54) is 0 Å². The molecule has 31 heavy (non-hydrogen) atoms. The molecular weight excluding hydrogens is 396 g/mol. The molecule has 0 rings (SSSR count). The van der Waals surface area contributed by atoms with Gasteiger partial charge in [0, 0.05) is 6.42 Å². The van der Waals surface area contributed by atoms with Crippen LogP contribution in [0, 0.1) is 12.3 Å². The average molecular weight is 441 g/mol. The van der Waals surface area contributed by atoms with E-state index in [4.69, 9.17) is 36.8 Å². The highest BCUT2D eigenvalue weighted by Crippen LogP contribution is 2.14. The first-order valence-electron chi connectivity index (χ1n) is 11.6. The molecule has 0 atom stereocenters. The molecule has 4 N–H and O–H groups in total. The fraction of sp³-hybridized carbons (Fsp3) is 0.792. The van der Waals surface area contributed by atoms with Gasteiger partial charge in [0.1, 0.15) is 6.61 Å². The number of rotatable bonds is 24. The molecule has 180 valence electrons. The number of hydrogen-bond acceptors (Lipinski definition) is 7. The first kappa shape index (κ1) is 29.7. The maximum atomic E-state index is 12.6. The average Bonchev–Trinajstić information content (AvgIpc) is 2.78. The van der Waals surface area contributed by atoms with E-state index in [1.807, 2.05) is 0 Å². The Balaban J connectivity index is 3.84. The van der Waals surface area contributed by atoms with Crippen LogP contribution < -0.4 is 11.5 Å². The Morgan fingerprint density at radius 3 is 1.84 bits per heavy atom. The van der Waals surface area contributed by atoms with Crippen LogP contribution in [-0.4, -0.2) is 71.7 Å². The molecule has 0 aliphatic heterocycles. The molecule has 0 aliphatic carbocycles. The normalized spacial score (nSPS) is 11.6. The highest BCUT2D eigenvalue weighted by molar-refractivity contribution is 5.95. The Hall–Kier alpha value is -1.27. The third-order valence-electron chi connectivity index (χ3n) is 4.58. The van der Waals surface area contributed by atoms with Crippen molar-refractivity contribution in [2.75, 3.05) is 65.9 Å². The van der Waals surface area contributed by atoms with Crippen molar-refractivity contribution in [1.29, 1.82) is 0 Å². The fourth-order valence-corrected chi connectivity index (χ4v) is 2.85. The first-order chi connectivity index (χ1) is 15.3. The lowest BCUT2D eigenvalue weighted by Gasteiger charge is -2.09. The van der Waals surface area contributed by atoms with E-state index >= 15 is 0 Å². The monoisotopic (exact) mass is 440 g/mol. The second kappa shape index (κ2) is 25.0. The van der Waals surface area contributed by atoms with E-state index in [0.29, 0.717) is 65.8 Å². The van der Waals surface area contributed by atoms with Crippen LogP contribution in [-0.2, 0) is 23.7 Å². The zero-order chi connectivity index (χ0) is 22.8. The number of nitrogens with two attached hydrogens (primary N) is 2. The molecule has 7 heteroatoms. The molecule has 0 unspecified atom stereocenters. The van der Waals surface area contributed by atoms with Crippen molar-refractivity contribution in [3.8, 4) is 12.3 Å². The van der Waals surface area contributed by atoms with Gasteiger partial charge < -0.3 is 30.4 Å². The lowest BCUT2D eigenvalue weighted by Crippen LogP contribution is -2.13. The van der Waals surface area contributed by atoms with Gasteiger partial charge in [-0.3, -0.25) is 4.79 Å². The van der Waals surface area contributed by atoms with Gasteiger partial charge in [-0.2, -0.15) is 0 Å². The van der Waals surface area contributed by atoms with Gasteiger partial charge in [0.2, 0.25) is 0 Å². The van der Waals surface area contributed by atoms with Crippen molar-refractivity contribution in [3.05, 3.63) is 11.6 Å². The summed E-state index contributed by atoms with van der Waals surface area (Å²) in [5, 5.41) is 0. The van der Waals surface area contributed by atoms with Gasteiger partial charge in [-0.15, -0.1) is 6.42 Å². The van der Waals surface area contributed by atoms with E-state index < -0.39 is 0 Å². The summed E-state index contributed by atoms with van der Waals surface area (Å²) in [5.74, 6) is 2.58. The van der Waals surface area contributed by atoms with Crippen LogP contribution >= 0.6 is 0 Å². The lowest BCUT2D eigenvalue weighted by molar-refractivity contribution is -0.117. The van der Waals surface area contributed by atoms with Crippen molar-refractivity contribution in [1.82, 2.24) is 0 Å². The molecule has 0 aromatic carbocycles. The summed E-state index contributed by atoms with van der Waals surface area (Å²) in [6, 6.07) is 0. The quantitative estimate of drug-likeness (QED) is 0.135. The van der Waals surface area contributed by atoms with Gasteiger partial charge in [0.15, 0.2) is 5.78 Å². The highest BCUT2D eigenvalue weighted by Gasteiger charge is 2.09. The molecule has 0 aromatic heterocycles. The Morgan fingerprint density at radius 2 is 1.26 bits per heavy atom. The van der Waals surface area contributed by atoms with Gasteiger partial charge in [0.05, 0.1) is 46.2 Å². The molecule has 0 amide bonds. The molecule has 0 saturated heterocycles. The highest BCUT2D eigenvalue weighted by atomic mass is 16.6. The Morgan fingerprint density at radius 1 is 0.710 bits per heavy atom. The summed E-state index contributed by atoms with van der Waals surface area (Å²) in [5.41, 5.74) is 12.0. The van der Waals surface area contributed by atoms with Gasteiger partial charge in [-0.25, -0.2) is 0 Å². The second-order valence-electron chi connectivity index (χ2n) is 7.23. The molecule has 0 bridgehead atoms. The number of hydrogen-bond donors (Lipinski definition) is 2. The number of ether oxygens (including phenoxy) is 4. The molecule has 0 fully saturated rings. The predicted octanol–water partition coefficient (Wildman–Crippen LogP) is 2.61. The number of terminal acetylenes is 1. The molecule has 7 nitrogen and oxygen atoms in total.